The molecule has 0 N–H and O–H groups in total. The Bertz CT molecular complexity index is 731. The fourth-order valence-electron chi connectivity index (χ4n) is 1.97. The largest absolute Gasteiger partial charge is 0.257 e. The molecule has 0 atom stereocenters. The van der Waals surface area contributed by atoms with E-state index < -0.39 is 0 Å². The number of benzene rings is 2. The van der Waals surface area contributed by atoms with Crippen molar-refractivity contribution in [2.24, 2.45) is 0 Å². The second kappa shape index (κ2) is 12.9. The van der Waals surface area contributed by atoms with Gasteiger partial charge in [-0.3, -0.25) is 4.98 Å². The summed E-state index contributed by atoms with van der Waals surface area (Å²) >= 11 is 0. The lowest BCUT2D eigenvalue weighted by Crippen LogP contribution is -1.76. The predicted molar refractivity (Wildman–Crippen MR) is 117 cm³/mol. The van der Waals surface area contributed by atoms with Gasteiger partial charge in [-0.05, 0) is 34.9 Å². The molecule has 0 aliphatic carbocycles. The van der Waals surface area contributed by atoms with Gasteiger partial charge in [0.2, 0.25) is 0 Å². The van der Waals surface area contributed by atoms with Gasteiger partial charge in [0.25, 0.3) is 0 Å². The quantitative estimate of drug-likeness (QED) is 0.497. The molecule has 1 nitrogen and oxygen atoms in total. The third-order valence-electron chi connectivity index (χ3n) is 3.37. The van der Waals surface area contributed by atoms with Gasteiger partial charge >= 0.3 is 0 Å². The highest BCUT2D eigenvalue weighted by molar-refractivity contribution is 5.63. The number of nitrogens with zero attached hydrogens (tertiary/aromatic N) is 1. The molecule has 2 aromatic carbocycles. The van der Waals surface area contributed by atoms with Gasteiger partial charge in [0.05, 0.1) is 5.69 Å². The van der Waals surface area contributed by atoms with Crippen molar-refractivity contribution in [3.05, 3.63) is 128 Å². The SMILES string of the molecule is C=Cc1ccccc1.C=Cc1ccccc1C=C.C=Cc1ccccn1. The molecule has 0 unspecified atom stereocenters. The topological polar surface area (TPSA) is 12.9 Å². The standard InChI is InChI=1S/C10H10.C8H8.C7H7N/c1-3-9-7-5-6-8-10(9)4-2;1-2-8-6-4-3-5-7-8;1-2-7-5-3-4-6-8-7/h3-8H,1-2H2;2-7H,1H2;2-6H,1H2. The fraction of sp³-hybridized carbons (Fsp3) is 0. The van der Waals surface area contributed by atoms with Crippen LogP contribution in [0.2, 0.25) is 0 Å². The Morgan fingerprint density at radius 2 is 1.08 bits per heavy atom. The Morgan fingerprint density at radius 3 is 1.42 bits per heavy atom. The minimum atomic E-state index is 0.924. The van der Waals surface area contributed by atoms with Gasteiger partial charge in [-0.25, -0.2) is 0 Å². The molecule has 0 aliphatic heterocycles. The average Bonchev–Trinajstić information content (AvgIpc) is 2.75. The van der Waals surface area contributed by atoms with E-state index in [4.69, 9.17) is 0 Å². The Hall–Kier alpha value is -3.45. The molecule has 0 spiro atoms. The summed E-state index contributed by atoms with van der Waals surface area (Å²) in [5.74, 6) is 0. The van der Waals surface area contributed by atoms with E-state index in [1.165, 1.54) is 5.56 Å². The summed E-state index contributed by atoms with van der Waals surface area (Å²) in [5.41, 5.74) is 4.37. The molecule has 1 heterocycles. The smallest absolute Gasteiger partial charge is 0.0623 e. The van der Waals surface area contributed by atoms with Gasteiger partial charge in [0, 0.05) is 6.20 Å². The summed E-state index contributed by atoms with van der Waals surface area (Å²) in [6.07, 6.45) is 8.96. The van der Waals surface area contributed by atoms with E-state index >= 15 is 0 Å². The lowest BCUT2D eigenvalue weighted by Gasteiger charge is -1.96. The van der Waals surface area contributed by atoms with Crippen LogP contribution in [0.3, 0.4) is 0 Å². The molecule has 1 aromatic heterocycles. The first-order chi connectivity index (χ1) is 12.7. The number of pyridine rings is 1. The summed E-state index contributed by atoms with van der Waals surface area (Å²) in [5, 5.41) is 0. The molecule has 0 saturated heterocycles. The summed E-state index contributed by atoms with van der Waals surface area (Å²) in [4.78, 5) is 3.98. The van der Waals surface area contributed by atoms with Crippen LogP contribution in [0.1, 0.15) is 22.4 Å². The van der Waals surface area contributed by atoms with Gasteiger partial charge in [0.15, 0.2) is 0 Å². The van der Waals surface area contributed by atoms with Crippen molar-refractivity contribution in [1.29, 1.82) is 0 Å². The first-order valence-electron chi connectivity index (χ1n) is 8.30. The number of aromatic nitrogens is 1. The first-order valence-corrected chi connectivity index (χ1v) is 8.30. The minimum Gasteiger partial charge on any atom is -0.257 e. The van der Waals surface area contributed by atoms with Crippen LogP contribution in [0.15, 0.2) is 105 Å². The third kappa shape index (κ3) is 7.89. The maximum atomic E-state index is 3.98. The van der Waals surface area contributed by atoms with E-state index in [2.05, 4.69) is 31.3 Å². The van der Waals surface area contributed by atoms with Crippen LogP contribution in [0.4, 0.5) is 0 Å². The maximum absolute atomic E-state index is 3.98. The van der Waals surface area contributed by atoms with E-state index in [1.54, 1.807) is 12.3 Å². The van der Waals surface area contributed by atoms with Crippen molar-refractivity contribution in [3.8, 4) is 0 Å². The van der Waals surface area contributed by atoms with Crippen LogP contribution < -0.4 is 0 Å². The molecule has 0 radical (unpaired) electrons. The summed E-state index contributed by atoms with van der Waals surface area (Å²) in [6, 6.07) is 23.8. The lowest BCUT2D eigenvalue weighted by atomic mass is 10.1. The number of rotatable bonds is 4. The highest BCUT2D eigenvalue weighted by Crippen LogP contribution is 2.10. The molecular formula is C25H25N. The van der Waals surface area contributed by atoms with Crippen molar-refractivity contribution >= 4 is 24.3 Å². The molecule has 3 rings (SSSR count). The molecule has 3 aromatic rings. The molecule has 0 saturated carbocycles. The van der Waals surface area contributed by atoms with Crippen molar-refractivity contribution in [2.75, 3.05) is 0 Å². The lowest BCUT2D eigenvalue weighted by molar-refractivity contribution is 1.30. The fourth-order valence-corrected chi connectivity index (χ4v) is 1.97. The van der Waals surface area contributed by atoms with Gasteiger partial charge in [-0.2, -0.15) is 0 Å². The van der Waals surface area contributed by atoms with Crippen LogP contribution in [0.25, 0.3) is 24.3 Å². The molecule has 0 amide bonds. The second-order valence-corrected chi connectivity index (χ2v) is 5.11. The van der Waals surface area contributed by atoms with Gasteiger partial charge < -0.3 is 0 Å². The van der Waals surface area contributed by atoms with Crippen LogP contribution in [-0.4, -0.2) is 4.98 Å². The monoisotopic (exact) mass is 339 g/mol. The van der Waals surface area contributed by atoms with Gasteiger partial charge in [-0.1, -0.05) is 105 Å². The molecule has 26 heavy (non-hydrogen) atoms. The maximum Gasteiger partial charge on any atom is 0.0623 e. The van der Waals surface area contributed by atoms with E-state index in [9.17, 15) is 0 Å². The first kappa shape index (κ1) is 20.6. The Kier molecular flexibility index (Phi) is 10.2. The number of hydrogen-bond acceptors (Lipinski definition) is 1. The molecule has 0 aliphatic rings. The minimum absolute atomic E-state index is 0.924. The zero-order valence-electron chi connectivity index (χ0n) is 15.1. The van der Waals surface area contributed by atoms with E-state index in [0.29, 0.717) is 0 Å². The van der Waals surface area contributed by atoms with E-state index in [0.717, 1.165) is 16.8 Å². The van der Waals surface area contributed by atoms with Crippen LogP contribution in [0, 0.1) is 0 Å². The molecular weight excluding hydrogens is 314 g/mol. The van der Waals surface area contributed by atoms with Crippen molar-refractivity contribution in [3.63, 3.8) is 0 Å². The average molecular weight is 339 g/mol. The zero-order chi connectivity index (χ0) is 19.0. The Balaban J connectivity index is 0.000000197. The van der Waals surface area contributed by atoms with Crippen LogP contribution in [-0.2, 0) is 0 Å². The van der Waals surface area contributed by atoms with Crippen LogP contribution in [0.5, 0.6) is 0 Å². The molecule has 1 heteroatoms. The van der Waals surface area contributed by atoms with Gasteiger partial charge in [0.1, 0.15) is 0 Å². The normalized spacial score (nSPS) is 8.62. The third-order valence-corrected chi connectivity index (χ3v) is 3.37. The Labute approximate surface area is 157 Å². The summed E-state index contributed by atoms with van der Waals surface area (Å²) < 4.78 is 0. The van der Waals surface area contributed by atoms with Gasteiger partial charge in [-0.15, -0.1) is 0 Å². The van der Waals surface area contributed by atoms with Crippen LogP contribution >= 0.6 is 0 Å². The Morgan fingerprint density at radius 1 is 0.538 bits per heavy atom. The molecule has 0 bridgehead atoms. The van der Waals surface area contributed by atoms with E-state index in [-0.39, 0.29) is 0 Å². The molecule has 130 valence electrons. The highest BCUT2D eigenvalue weighted by Gasteiger charge is 1.89. The van der Waals surface area contributed by atoms with E-state index in [1.807, 2.05) is 91.0 Å². The zero-order valence-corrected chi connectivity index (χ0v) is 15.1. The summed E-state index contributed by atoms with van der Waals surface area (Å²) in [6.45, 7) is 14.6. The van der Waals surface area contributed by atoms with Crippen molar-refractivity contribution in [2.45, 2.75) is 0 Å². The number of hydrogen-bond donors (Lipinski definition) is 0. The van der Waals surface area contributed by atoms with Crippen molar-refractivity contribution in [1.82, 2.24) is 4.98 Å². The summed E-state index contributed by atoms with van der Waals surface area (Å²) in [7, 11) is 0. The second-order valence-electron chi connectivity index (χ2n) is 5.11. The predicted octanol–water partition coefficient (Wildman–Crippen LogP) is 7.03. The molecule has 0 fully saturated rings. The van der Waals surface area contributed by atoms with Crippen molar-refractivity contribution < 1.29 is 0 Å². The highest BCUT2D eigenvalue weighted by atomic mass is 14.6.